The lowest BCUT2D eigenvalue weighted by molar-refractivity contribution is 0.345. The Morgan fingerprint density at radius 3 is 3.07 bits per heavy atom. The van der Waals surface area contributed by atoms with Gasteiger partial charge in [0.1, 0.15) is 5.01 Å². The van der Waals surface area contributed by atoms with Gasteiger partial charge in [-0.2, -0.15) is 11.8 Å². The monoisotopic (exact) mass is 245 g/mol. The number of thioether (sulfide) groups is 1. The third-order valence-corrected chi connectivity index (χ3v) is 3.52. The normalized spacial score (nSPS) is 11.2. The highest BCUT2D eigenvalue weighted by molar-refractivity contribution is 7.98. The van der Waals surface area contributed by atoms with Crippen LogP contribution in [0.25, 0.3) is 0 Å². The first kappa shape index (κ1) is 13.0. The zero-order valence-electron chi connectivity index (χ0n) is 9.62. The Balaban J connectivity index is 2.35. The number of aromatic nitrogens is 1. The molecule has 0 aliphatic carbocycles. The molecule has 0 saturated heterocycles. The van der Waals surface area contributed by atoms with Crippen molar-refractivity contribution in [3.63, 3.8) is 0 Å². The highest BCUT2D eigenvalue weighted by Gasteiger charge is 2.04. The molecule has 0 aliphatic rings. The molecular formula is C10H19N3S2. The quantitative estimate of drug-likeness (QED) is 0.791. The predicted molar refractivity (Wildman–Crippen MR) is 69.6 cm³/mol. The van der Waals surface area contributed by atoms with Gasteiger partial charge in [-0.15, -0.1) is 11.3 Å². The van der Waals surface area contributed by atoms with Gasteiger partial charge < -0.3 is 5.32 Å². The van der Waals surface area contributed by atoms with E-state index in [0.717, 1.165) is 19.6 Å². The van der Waals surface area contributed by atoms with Crippen LogP contribution in [0, 0.1) is 0 Å². The Morgan fingerprint density at radius 2 is 2.40 bits per heavy atom. The molecule has 1 aromatic heterocycles. The summed E-state index contributed by atoms with van der Waals surface area (Å²) in [4.78, 5) is 6.87. The Labute approximate surface area is 100 Å². The van der Waals surface area contributed by atoms with Gasteiger partial charge in [-0.3, -0.25) is 4.90 Å². The largest absolute Gasteiger partial charge is 0.314 e. The zero-order valence-corrected chi connectivity index (χ0v) is 11.2. The third-order valence-electron chi connectivity index (χ3n) is 2.04. The summed E-state index contributed by atoms with van der Waals surface area (Å²) < 4.78 is 0. The van der Waals surface area contributed by atoms with Crippen LogP contribution < -0.4 is 5.32 Å². The van der Waals surface area contributed by atoms with Crippen LogP contribution in [0.5, 0.6) is 0 Å². The van der Waals surface area contributed by atoms with Crippen LogP contribution in [0.15, 0.2) is 5.38 Å². The van der Waals surface area contributed by atoms with E-state index in [0.29, 0.717) is 0 Å². The van der Waals surface area contributed by atoms with Crippen LogP contribution in [-0.4, -0.2) is 42.5 Å². The summed E-state index contributed by atoms with van der Waals surface area (Å²) in [5.74, 6) is 1.18. The topological polar surface area (TPSA) is 28.2 Å². The maximum Gasteiger partial charge on any atom is 0.107 e. The molecule has 1 N–H and O–H groups in total. The first-order valence-corrected chi connectivity index (χ1v) is 7.29. The second kappa shape index (κ2) is 7.22. The number of nitrogens with one attached hydrogen (secondary N) is 1. The lowest BCUT2D eigenvalue weighted by atomic mass is 10.4. The minimum Gasteiger partial charge on any atom is -0.314 e. The number of hydrogen-bond donors (Lipinski definition) is 1. The summed E-state index contributed by atoms with van der Waals surface area (Å²) in [5, 5.41) is 6.44. The van der Waals surface area contributed by atoms with Gasteiger partial charge in [0.15, 0.2) is 0 Å². The van der Waals surface area contributed by atoms with Crippen molar-refractivity contribution in [1.82, 2.24) is 15.2 Å². The van der Waals surface area contributed by atoms with Gasteiger partial charge in [0, 0.05) is 30.8 Å². The highest BCUT2D eigenvalue weighted by atomic mass is 32.2. The molecule has 0 atom stereocenters. The van der Waals surface area contributed by atoms with E-state index < -0.39 is 0 Å². The first-order chi connectivity index (χ1) is 7.26. The Bertz CT molecular complexity index is 275. The van der Waals surface area contributed by atoms with Crippen molar-refractivity contribution < 1.29 is 0 Å². The smallest absolute Gasteiger partial charge is 0.107 e. The molecule has 86 valence electrons. The summed E-state index contributed by atoms with van der Waals surface area (Å²) in [7, 11) is 4.10. The summed E-state index contributed by atoms with van der Waals surface area (Å²) in [6, 6.07) is 0. The number of hydrogen-bond acceptors (Lipinski definition) is 5. The molecule has 0 bridgehead atoms. The molecule has 0 unspecified atom stereocenters. The van der Waals surface area contributed by atoms with E-state index in [1.54, 1.807) is 11.3 Å². The van der Waals surface area contributed by atoms with Crippen molar-refractivity contribution in [3.05, 3.63) is 16.1 Å². The van der Waals surface area contributed by atoms with E-state index in [2.05, 4.69) is 33.9 Å². The molecule has 1 heterocycles. The summed E-state index contributed by atoms with van der Waals surface area (Å²) >= 11 is 3.62. The SMILES string of the molecule is CNCc1nc(CN(C)CCSC)cs1. The summed E-state index contributed by atoms with van der Waals surface area (Å²) in [6.45, 7) is 2.96. The molecular weight excluding hydrogens is 226 g/mol. The molecule has 0 radical (unpaired) electrons. The van der Waals surface area contributed by atoms with Crippen molar-refractivity contribution in [2.45, 2.75) is 13.1 Å². The molecule has 0 spiro atoms. The maximum atomic E-state index is 4.56. The van der Waals surface area contributed by atoms with Gasteiger partial charge in [-0.1, -0.05) is 0 Å². The van der Waals surface area contributed by atoms with Crippen LogP contribution >= 0.6 is 23.1 Å². The number of rotatable bonds is 7. The van der Waals surface area contributed by atoms with Gasteiger partial charge in [0.25, 0.3) is 0 Å². The predicted octanol–water partition coefficient (Wildman–Crippen LogP) is 1.66. The molecule has 0 aliphatic heterocycles. The van der Waals surface area contributed by atoms with E-state index in [4.69, 9.17) is 0 Å². The minimum absolute atomic E-state index is 0.874. The summed E-state index contributed by atoms with van der Waals surface area (Å²) in [6.07, 6.45) is 2.14. The molecule has 3 nitrogen and oxygen atoms in total. The van der Waals surface area contributed by atoms with Crippen LogP contribution in [0.1, 0.15) is 10.7 Å². The zero-order chi connectivity index (χ0) is 11.1. The molecule has 0 fully saturated rings. The Hall–Kier alpha value is -0.100. The lowest BCUT2D eigenvalue weighted by Crippen LogP contribution is -2.20. The minimum atomic E-state index is 0.874. The van der Waals surface area contributed by atoms with Crippen LogP contribution in [0.3, 0.4) is 0 Å². The van der Waals surface area contributed by atoms with Gasteiger partial charge in [0.2, 0.25) is 0 Å². The standard InChI is InChI=1S/C10H19N3S2/c1-11-6-10-12-9(8-15-10)7-13(2)4-5-14-3/h8,11H,4-7H2,1-3H3. The molecule has 5 heteroatoms. The number of nitrogens with zero attached hydrogens (tertiary/aromatic N) is 2. The Morgan fingerprint density at radius 1 is 1.60 bits per heavy atom. The fourth-order valence-corrected chi connectivity index (χ4v) is 2.55. The molecule has 0 amide bonds. The third kappa shape index (κ3) is 4.97. The van der Waals surface area contributed by atoms with E-state index in [1.165, 1.54) is 16.5 Å². The number of thiazole rings is 1. The van der Waals surface area contributed by atoms with E-state index in [1.807, 2.05) is 18.8 Å². The van der Waals surface area contributed by atoms with Gasteiger partial charge in [-0.25, -0.2) is 4.98 Å². The van der Waals surface area contributed by atoms with Gasteiger partial charge >= 0.3 is 0 Å². The molecule has 15 heavy (non-hydrogen) atoms. The van der Waals surface area contributed by atoms with Crippen molar-refractivity contribution in [1.29, 1.82) is 0 Å². The van der Waals surface area contributed by atoms with Crippen molar-refractivity contribution >= 4 is 23.1 Å². The van der Waals surface area contributed by atoms with E-state index in [9.17, 15) is 0 Å². The maximum absolute atomic E-state index is 4.56. The molecule has 1 aromatic rings. The average Bonchev–Trinajstić information content (AvgIpc) is 2.63. The highest BCUT2D eigenvalue weighted by Crippen LogP contribution is 2.11. The van der Waals surface area contributed by atoms with Crippen LogP contribution in [-0.2, 0) is 13.1 Å². The van der Waals surface area contributed by atoms with Crippen molar-refractivity contribution in [2.24, 2.45) is 0 Å². The van der Waals surface area contributed by atoms with E-state index >= 15 is 0 Å². The fraction of sp³-hybridized carbons (Fsp3) is 0.700. The van der Waals surface area contributed by atoms with E-state index in [-0.39, 0.29) is 0 Å². The molecule has 0 saturated carbocycles. The Kier molecular flexibility index (Phi) is 6.24. The van der Waals surface area contributed by atoms with Gasteiger partial charge in [0.05, 0.1) is 5.69 Å². The lowest BCUT2D eigenvalue weighted by Gasteiger charge is -2.13. The van der Waals surface area contributed by atoms with Gasteiger partial charge in [-0.05, 0) is 20.4 Å². The van der Waals surface area contributed by atoms with Crippen molar-refractivity contribution in [2.75, 3.05) is 32.6 Å². The average molecular weight is 245 g/mol. The first-order valence-electron chi connectivity index (χ1n) is 5.01. The second-order valence-corrected chi connectivity index (χ2v) is 5.42. The second-order valence-electron chi connectivity index (χ2n) is 3.49. The molecule has 1 rings (SSSR count). The van der Waals surface area contributed by atoms with Crippen molar-refractivity contribution in [3.8, 4) is 0 Å². The van der Waals surface area contributed by atoms with Crippen LogP contribution in [0.4, 0.5) is 0 Å². The van der Waals surface area contributed by atoms with Crippen LogP contribution in [0.2, 0.25) is 0 Å². The fourth-order valence-electron chi connectivity index (χ4n) is 1.26. The molecule has 0 aromatic carbocycles. The summed E-state index contributed by atoms with van der Waals surface area (Å²) in [5.41, 5.74) is 1.19.